The summed E-state index contributed by atoms with van der Waals surface area (Å²) < 4.78 is 5.56. The fourth-order valence-corrected chi connectivity index (χ4v) is 2.33. The fraction of sp³-hybridized carbons (Fsp3) is 0.409. The van der Waals surface area contributed by atoms with E-state index in [2.05, 4.69) is 6.92 Å². The van der Waals surface area contributed by atoms with E-state index in [0.717, 1.165) is 18.3 Å². The van der Waals surface area contributed by atoms with Gasteiger partial charge in [-0.05, 0) is 18.9 Å². The van der Waals surface area contributed by atoms with Crippen LogP contribution in [-0.4, -0.2) is 17.2 Å². The maximum atomic E-state index is 10.2. The van der Waals surface area contributed by atoms with Gasteiger partial charge in [-0.3, -0.25) is 0 Å². The number of carbonyl (C=O) groups is 1. The van der Waals surface area contributed by atoms with Gasteiger partial charge in [-0.2, -0.15) is 0 Å². The molecule has 0 radical (unpaired) electrons. The molecule has 0 aromatic rings. The van der Waals surface area contributed by atoms with Crippen LogP contribution in [0.2, 0.25) is 0 Å². The highest BCUT2D eigenvalue weighted by Gasteiger charge is 2.30. The Hall–Kier alpha value is -2.29. The highest BCUT2D eigenvalue weighted by atomic mass is 16.6. The van der Waals surface area contributed by atoms with Crippen molar-refractivity contribution in [2.75, 3.05) is 0 Å². The lowest BCUT2D eigenvalue weighted by molar-refractivity contribution is -0.131. The average Bonchev–Trinajstić information content (AvgIpc) is 3.34. The Bertz CT molecular complexity index is 548. The second-order valence-corrected chi connectivity index (χ2v) is 5.97. The van der Waals surface area contributed by atoms with Crippen LogP contribution in [0.15, 0.2) is 72.6 Å². The number of rotatable bonds is 13. The summed E-state index contributed by atoms with van der Waals surface area (Å²) in [5.41, 5.74) is 0. The third kappa shape index (κ3) is 12.8. The molecule has 1 rings (SSSR count). The summed E-state index contributed by atoms with van der Waals surface area (Å²) in [6.07, 6.45) is 29.1. The molecule has 1 unspecified atom stereocenters. The molecule has 1 aliphatic rings. The Morgan fingerprint density at radius 1 is 0.880 bits per heavy atom. The summed E-state index contributed by atoms with van der Waals surface area (Å²) in [4.78, 5) is 10.2. The second kappa shape index (κ2) is 14.1. The highest BCUT2D eigenvalue weighted by molar-refractivity contribution is 5.80. The molecule has 1 atom stereocenters. The van der Waals surface area contributed by atoms with Crippen LogP contribution in [0, 0.1) is 0 Å². The molecule has 0 aromatic heterocycles. The van der Waals surface area contributed by atoms with Gasteiger partial charge in [0.1, 0.15) is 5.76 Å². The van der Waals surface area contributed by atoms with Crippen molar-refractivity contribution in [1.29, 1.82) is 0 Å². The van der Waals surface area contributed by atoms with E-state index < -0.39 is 5.97 Å². The van der Waals surface area contributed by atoms with E-state index in [1.165, 1.54) is 44.6 Å². The van der Waals surface area contributed by atoms with Crippen LogP contribution >= 0.6 is 0 Å². The average molecular weight is 342 g/mol. The minimum atomic E-state index is -0.943. The molecule has 0 amide bonds. The molecule has 1 aliphatic heterocycles. The SMILES string of the molecule is CCCCCCCCC1OC1=CC=CC=CC=CC=CC=CC(=O)O. The van der Waals surface area contributed by atoms with Gasteiger partial charge in [0.15, 0.2) is 6.10 Å². The summed E-state index contributed by atoms with van der Waals surface area (Å²) in [5.74, 6) is 0.156. The molecule has 1 fully saturated rings. The van der Waals surface area contributed by atoms with Gasteiger partial charge in [-0.15, -0.1) is 0 Å². The molecule has 1 N–H and O–H groups in total. The minimum Gasteiger partial charge on any atom is -0.483 e. The number of aliphatic carboxylic acids is 1. The van der Waals surface area contributed by atoms with Crippen molar-refractivity contribution >= 4 is 5.97 Å². The van der Waals surface area contributed by atoms with Crippen molar-refractivity contribution in [2.45, 2.75) is 58.0 Å². The zero-order valence-corrected chi connectivity index (χ0v) is 15.1. The Kier molecular flexibility index (Phi) is 11.7. The fourth-order valence-electron chi connectivity index (χ4n) is 2.33. The number of allylic oxidation sites excluding steroid dienone is 10. The lowest BCUT2D eigenvalue weighted by Gasteiger charge is -1.97. The summed E-state index contributed by atoms with van der Waals surface area (Å²) >= 11 is 0. The molecule has 136 valence electrons. The minimum absolute atomic E-state index is 0.351. The van der Waals surface area contributed by atoms with Gasteiger partial charge in [0.25, 0.3) is 0 Å². The van der Waals surface area contributed by atoms with E-state index in [4.69, 9.17) is 9.84 Å². The van der Waals surface area contributed by atoms with Crippen molar-refractivity contribution in [2.24, 2.45) is 0 Å². The number of carboxylic acid groups (broad SMARTS) is 1. The first-order valence-corrected chi connectivity index (χ1v) is 9.18. The van der Waals surface area contributed by atoms with E-state index in [1.54, 1.807) is 12.2 Å². The molecule has 0 spiro atoms. The summed E-state index contributed by atoms with van der Waals surface area (Å²) in [7, 11) is 0. The first kappa shape index (κ1) is 20.8. The van der Waals surface area contributed by atoms with Crippen molar-refractivity contribution in [3.8, 4) is 0 Å². The third-order valence-corrected chi connectivity index (χ3v) is 3.75. The van der Waals surface area contributed by atoms with E-state index in [-0.39, 0.29) is 0 Å². The molecular weight excluding hydrogens is 312 g/mol. The maximum Gasteiger partial charge on any atom is 0.328 e. The lowest BCUT2D eigenvalue weighted by Crippen LogP contribution is -1.85. The van der Waals surface area contributed by atoms with Crippen LogP contribution in [-0.2, 0) is 9.53 Å². The number of epoxide rings is 1. The van der Waals surface area contributed by atoms with Gasteiger partial charge in [-0.25, -0.2) is 4.79 Å². The zero-order valence-electron chi connectivity index (χ0n) is 15.1. The zero-order chi connectivity index (χ0) is 18.2. The van der Waals surface area contributed by atoms with E-state index in [9.17, 15) is 4.79 Å². The molecule has 1 heterocycles. The third-order valence-electron chi connectivity index (χ3n) is 3.75. The van der Waals surface area contributed by atoms with Crippen molar-refractivity contribution in [1.82, 2.24) is 0 Å². The molecule has 0 bridgehead atoms. The Balaban J connectivity index is 2.07. The van der Waals surface area contributed by atoms with Gasteiger partial charge < -0.3 is 9.84 Å². The topological polar surface area (TPSA) is 49.8 Å². The summed E-state index contributed by atoms with van der Waals surface area (Å²) in [5, 5.41) is 8.41. The van der Waals surface area contributed by atoms with Crippen LogP contribution in [0.4, 0.5) is 0 Å². The Morgan fingerprint density at radius 3 is 2.08 bits per heavy atom. The van der Waals surface area contributed by atoms with Crippen molar-refractivity contribution < 1.29 is 14.6 Å². The first-order chi connectivity index (χ1) is 12.2. The van der Waals surface area contributed by atoms with Gasteiger partial charge >= 0.3 is 5.97 Å². The van der Waals surface area contributed by atoms with Gasteiger partial charge in [0, 0.05) is 6.08 Å². The second-order valence-electron chi connectivity index (χ2n) is 5.97. The number of hydrogen-bond acceptors (Lipinski definition) is 2. The molecule has 0 aliphatic carbocycles. The van der Waals surface area contributed by atoms with Crippen LogP contribution in [0.25, 0.3) is 0 Å². The summed E-state index contributed by atoms with van der Waals surface area (Å²) in [6.45, 7) is 2.24. The predicted octanol–water partition coefficient (Wildman–Crippen LogP) is 5.89. The number of unbranched alkanes of at least 4 members (excludes halogenated alkanes) is 5. The largest absolute Gasteiger partial charge is 0.483 e. The molecule has 25 heavy (non-hydrogen) atoms. The molecule has 3 nitrogen and oxygen atoms in total. The number of ether oxygens (including phenoxy) is 1. The lowest BCUT2D eigenvalue weighted by atomic mass is 10.1. The Labute approximate surface area is 151 Å². The van der Waals surface area contributed by atoms with Crippen LogP contribution in [0.1, 0.15) is 51.9 Å². The molecule has 1 saturated heterocycles. The normalized spacial score (nSPS) is 19.2. The quantitative estimate of drug-likeness (QED) is 0.197. The van der Waals surface area contributed by atoms with Crippen LogP contribution in [0.5, 0.6) is 0 Å². The van der Waals surface area contributed by atoms with E-state index in [1.807, 2.05) is 42.5 Å². The molecule has 3 heteroatoms. The molecular formula is C22H30O3. The number of carboxylic acids is 1. The number of hydrogen-bond donors (Lipinski definition) is 1. The van der Waals surface area contributed by atoms with E-state index in [0.29, 0.717) is 6.10 Å². The molecule has 0 aromatic carbocycles. The Morgan fingerprint density at radius 2 is 1.44 bits per heavy atom. The van der Waals surface area contributed by atoms with Crippen molar-refractivity contribution in [3.05, 3.63) is 72.6 Å². The summed E-state index contributed by atoms with van der Waals surface area (Å²) in [6, 6.07) is 0. The predicted molar refractivity (Wildman–Crippen MR) is 104 cm³/mol. The molecule has 0 saturated carbocycles. The van der Waals surface area contributed by atoms with E-state index >= 15 is 0 Å². The first-order valence-electron chi connectivity index (χ1n) is 9.18. The monoisotopic (exact) mass is 342 g/mol. The van der Waals surface area contributed by atoms with Crippen molar-refractivity contribution in [3.63, 3.8) is 0 Å². The maximum absolute atomic E-state index is 10.2. The smallest absolute Gasteiger partial charge is 0.328 e. The van der Waals surface area contributed by atoms with Gasteiger partial charge in [0.05, 0.1) is 0 Å². The highest BCUT2D eigenvalue weighted by Crippen LogP contribution is 2.31. The van der Waals surface area contributed by atoms with Gasteiger partial charge in [0.2, 0.25) is 0 Å². The van der Waals surface area contributed by atoms with Crippen LogP contribution in [0.3, 0.4) is 0 Å². The van der Waals surface area contributed by atoms with Gasteiger partial charge in [-0.1, -0.05) is 93.7 Å². The standard InChI is InChI=1S/C22H30O3/c1-2-3-4-5-11-14-17-20-21(25-20)18-15-12-9-7-6-8-10-13-16-19-22(23)24/h6-10,12-13,15-16,18-20H,2-5,11,14,17H2,1H3,(H,23,24). The van der Waals surface area contributed by atoms with Crippen LogP contribution < -0.4 is 0 Å².